The molecule has 0 aliphatic rings. The van der Waals surface area contributed by atoms with E-state index in [0.29, 0.717) is 5.56 Å². The fourth-order valence-corrected chi connectivity index (χ4v) is 2.77. The van der Waals surface area contributed by atoms with Gasteiger partial charge in [-0.15, -0.1) is 0 Å². The van der Waals surface area contributed by atoms with Gasteiger partial charge in [0.15, 0.2) is 0 Å². The van der Waals surface area contributed by atoms with E-state index in [1.54, 1.807) is 13.0 Å². The molecule has 0 fully saturated rings. The highest BCUT2D eigenvalue weighted by Crippen LogP contribution is 2.23. The summed E-state index contributed by atoms with van der Waals surface area (Å²) < 4.78 is 13.3. The van der Waals surface area contributed by atoms with Gasteiger partial charge >= 0.3 is 0 Å². The highest BCUT2D eigenvalue weighted by atomic mass is 19.1. The number of hydrogen-bond acceptors (Lipinski definition) is 1. The third kappa shape index (κ3) is 3.07. The molecule has 2 aromatic carbocycles. The lowest BCUT2D eigenvalue weighted by atomic mass is 9.91. The van der Waals surface area contributed by atoms with Crippen molar-refractivity contribution in [3.63, 3.8) is 0 Å². The number of halogens is 1. The zero-order valence-corrected chi connectivity index (χ0v) is 12.6. The van der Waals surface area contributed by atoms with Crippen LogP contribution in [0, 0.1) is 33.5 Å². The van der Waals surface area contributed by atoms with Gasteiger partial charge in [-0.2, -0.15) is 0 Å². The van der Waals surface area contributed by atoms with Crippen LogP contribution < -0.4 is 5.73 Å². The van der Waals surface area contributed by atoms with Crippen molar-refractivity contribution in [2.75, 3.05) is 0 Å². The van der Waals surface area contributed by atoms with Crippen molar-refractivity contribution < 1.29 is 4.39 Å². The molecule has 1 atom stereocenters. The molecule has 0 aliphatic heterocycles. The maximum atomic E-state index is 13.3. The third-order valence-electron chi connectivity index (χ3n) is 3.87. The maximum absolute atomic E-state index is 13.3. The molecule has 0 amide bonds. The third-order valence-corrected chi connectivity index (χ3v) is 3.87. The highest BCUT2D eigenvalue weighted by molar-refractivity contribution is 5.39. The molecule has 2 rings (SSSR count). The Labute approximate surface area is 120 Å². The zero-order chi connectivity index (χ0) is 14.9. The molecule has 0 spiro atoms. The van der Waals surface area contributed by atoms with E-state index >= 15 is 0 Å². The minimum absolute atomic E-state index is 0.102. The molecule has 0 saturated heterocycles. The van der Waals surface area contributed by atoms with Crippen LogP contribution in [0.15, 0.2) is 30.3 Å². The summed E-state index contributed by atoms with van der Waals surface area (Å²) in [4.78, 5) is 0. The molecular weight excluding hydrogens is 249 g/mol. The van der Waals surface area contributed by atoms with Crippen LogP contribution >= 0.6 is 0 Å². The molecule has 0 bridgehead atoms. The summed E-state index contributed by atoms with van der Waals surface area (Å²) in [5.74, 6) is -0.177. The quantitative estimate of drug-likeness (QED) is 0.885. The van der Waals surface area contributed by atoms with Gasteiger partial charge in [0.05, 0.1) is 0 Å². The standard InChI is InChI=1S/C18H22FN/c1-11-7-12(2)16(13(3)8-11)10-18(20)15-5-6-17(19)14(4)9-15/h5-9,18H,10,20H2,1-4H3. The Kier molecular flexibility index (Phi) is 4.24. The van der Waals surface area contributed by atoms with E-state index in [-0.39, 0.29) is 11.9 Å². The lowest BCUT2D eigenvalue weighted by Gasteiger charge is -2.17. The minimum atomic E-state index is -0.177. The van der Waals surface area contributed by atoms with E-state index in [1.165, 1.54) is 28.3 Å². The van der Waals surface area contributed by atoms with Gasteiger partial charge in [-0.25, -0.2) is 4.39 Å². The Morgan fingerprint density at radius 1 is 0.950 bits per heavy atom. The van der Waals surface area contributed by atoms with Gasteiger partial charge in [-0.3, -0.25) is 0 Å². The molecule has 20 heavy (non-hydrogen) atoms. The van der Waals surface area contributed by atoms with Crippen molar-refractivity contribution in [3.05, 3.63) is 69.5 Å². The average molecular weight is 271 g/mol. The molecule has 2 aromatic rings. The monoisotopic (exact) mass is 271 g/mol. The first kappa shape index (κ1) is 14.7. The topological polar surface area (TPSA) is 26.0 Å². The maximum Gasteiger partial charge on any atom is 0.126 e. The summed E-state index contributed by atoms with van der Waals surface area (Å²) in [5.41, 5.74) is 13.1. The summed E-state index contributed by atoms with van der Waals surface area (Å²) >= 11 is 0. The van der Waals surface area contributed by atoms with E-state index in [2.05, 4.69) is 32.9 Å². The van der Waals surface area contributed by atoms with E-state index in [9.17, 15) is 4.39 Å². The second kappa shape index (κ2) is 5.76. The fraction of sp³-hybridized carbons (Fsp3) is 0.333. The minimum Gasteiger partial charge on any atom is -0.324 e. The van der Waals surface area contributed by atoms with Crippen LogP contribution in [-0.2, 0) is 6.42 Å². The summed E-state index contributed by atoms with van der Waals surface area (Å²) in [6.07, 6.45) is 0.781. The van der Waals surface area contributed by atoms with Crippen LogP contribution in [0.3, 0.4) is 0 Å². The second-order valence-electron chi connectivity index (χ2n) is 5.70. The van der Waals surface area contributed by atoms with Crippen LogP contribution in [0.4, 0.5) is 4.39 Å². The molecule has 1 unspecified atom stereocenters. The van der Waals surface area contributed by atoms with Crippen molar-refractivity contribution in [2.45, 2.75) is 40.2 Å². The van der Waals surface area contributed by atoms with Gasteiger partial charge in [0, 0.05) is 6.04 Å². The molecule has 2 heteroatoms. The van der Waals surface area contributed by atoms with Crippen molar-refractivity contribution in [2.24, 2.45) is 5.73 Å². The van der Waals surface area contributed by atoms with Crippen LogP contribution in [0.5, 0.6) is 0 Å². The summed E-state index contributed by atoms with van der Waals surface area (Å²) in [6, 6.07) is 9.40. The molecular formula is C18H22FN. The first-order valence-corrected chi connectivity index (χ1v) is 6.97. The smallest absolute Gasteiger partial charge is 0.126 e. The Balaban J connectivity index is 2.27. The number of aryl methyl sites for hydroxylation is 4. The number of benzene rings is 2. The summed E-state index contributed by atoms with van der Waals surface area (Å²) in [7, 11) is 0. The van der Waals surface area contributed by atoms with Gasteiger partial charge in [0.25, 0.3) is 0 Å². The molecule has 0 aromatic heterocycles. The lowest BCUT2D eigenvalue weighted by Crippen LogP contribution is -2.15. The summed E-state index contributed by atoms with van der Waals surface area (Å²) in [5, 5.41) is 0. The van der Waals surface area contributed by atoms with Crippen LogP contribution in [0.2, 0.25) is 0 Å². The van der Waals surface area contributed by atoms with Gasteiger partial charge in [0.2, 0.25) is 0 Å². The lowest BCUT2D eigenvalue weighted by molar-refractivity contribution is 0.614. The Hall–Kier alpha value is -1.67. The predicted octanol–water partition coefficient (Wildman–Crippen LogP) is 4.30. The molecule has 0 heterocycles. The second-order valence-corrected chi connectivity index (χ2v) is 5.70. The van der Waals surface area contributed by atoms with Gasteiger partial charge < -0.3 is 5.73 Å². The van der Waals surface area contributed by atoms with Crippen molar-refractivity contribution in [1.29, 1.82) is 0 Å². The normalized spacial score (nSPS) is 12.5. The number of nitrogens with two attached hydrogens (primary N) is 1. The van der Waals surface area contributed by atoms with E-state index in [0.717, 1.165) is 12.0 Å². The van der Waals surface area contributed by atoms with E-state index in [1.807, 2.05) is 6.07 Å². The van der Waals surface area contributed by atoms with Crippen molar-refractivity contribution in [3.8, 4) is 0 Å². The van der Waals surface area contributed by atoms with Crippen molar-refractivity contribution >= 4 is 0 Å². The Bertz CT molecular complexity index is 608. The average Bonchev–Trinajstić information content (AvgIpc) is 2.36. The van der Waals surface area contributed by atoms with Crippen LogP contribution in [-0.4, -0.2) is 0 Å². The molecule has 106 valence electrons. The van der Waals surface area contributed by atoms with Crippen LogP contribution in [0.1, 0.15) is 39.4 Å². The van der Waals surface area contributed by atoms with Crippen LogP contribution in [0.25, 0.3) is 0 Å². The first-order valence-electron chi connectivity index (χ1n) is 6.97. The number of hydrogen-bond donors (Lipinski definition) is 1. The Morgan fingerprint density at radius 3 is 2.10 bits per heavy atom. The molecule has 0 saturated carbocycles. The highest BCUT2D eigenvalue weighted by Gasteiger charge is 2.12. The predicted molar refractivity (Wildman–Crippen MR) is 82.4 cm³/mol. The fourth-order valence-electron chi connectivity index (χ4n) is 2.77. The summed E-state index contributed by atoms with van der Waals surface area (Å²) in [6.45, 7) is 8.12. The largest absolute Gasteiger partial charge is 0.324 e. The molecule has 0 aliphatic carbocycles. The van der Waals surface area contributed by atoms with Gasteiger partial charge in [-0.1, -0.05) is 29.8 Å². The van der Waals surface area contributed by atoms with Crippen molar-refractivity contribution in [1.82, 2.24) is 0 Å². The van der Waals surface area contributed by atoms with Gasteiger partial charge in [0.1, 0.15) is 5.82 Å². The zero-order valence-electron chi connectivity index (χ0n) is 12.6. The first-order chi connectivity index (χ1) is 9.38. The van der Waals surface area contributed by atoms with Gasteiger partial charge in [-0.05, 0) is 68.0 Å². The SMILES string of the molecule is Cc1cc(C)c(CC(N)c2ccc(F)c(C)c2)c(C)c1. The van der Waals surface area contributed by atoms with E-state index in [4.69, 9.17) is 5.73 Å². The molecule has 0 radical (unpaired) electrons. The molecule has 2 N–H and O–H groups in total. The molecule has 1 nitrogen and oxygen atoms in total. The van der Waals surface area contributed by atoms with E-state index < -0.39 is 0 Å². The Morgan fingerprint density at radius 2 is 1.55 bits per heavy atom. The number of rotatable bonds is 3.